The minimum atomic E-state index is 0.156. The Hall–Kier alpha value is -5.08. The third-order valence-electron chi connectivity index (χ3n) is 9.43. The number of benzene rings is 6. The molecule has 6 aromatic carbocycles. The van der Waals surface area contributed by atoms with Crippen LogP contribution in [-0.4, -0.2) is 0 Å². The fourth-order valence-electron chi connectivity index (χ4n) is 6.83. The van der Waals surface area contributed by atoms with Gasteiger partial charge in [0.05, 0.1) is 0 Å². The van der Waals surface area contributed by atoms with E-state index >= 15 is 0 Å². The van der Waals surface area contributed by atoms with E-state index in [0.29, 0.717) is 0 Å². The Morgan fingerprint density at radius 1 is 0.426 bits per heavy atom. The smallest absolute Gasteiger partial charge is 0.0464 e. The van der Waals surface area contributed by atoms with Gasteiger partial charge in [-0.15, -0.1) is 0 Å². The van der Waals surface area contributed by atoms with Gasteiger partial charge in [-0.2, -0.15) is 0 Å². The molecule has 236 valence electrons. The average Bonchev–Trinajstić information content (AvgIpc) is 3.08. The molecule has 0 fully saturated rings. The zero-order valence-electron chi connectivity index (χ0n) is 28.7. The average molecular weight is 615 g/mol. The normalized spacial score (nSPS) is 11.4. The number of hydrogen-bond acceptors (Lipinski definition) is 2. The fraction of sp³-hybridized carbons (Fsp3) is 0.200. The largest absolute Gasteiger partial charge is 0.310 e. The van der Waals surface area contributed by atoms with Crippen LogP contribution in [0.25, 0.3) is 11.1 Å². The number of nitrogens with zero attached hydrogens (tertiary/aromatic N) is 2. The first-order chi connectivity index (χ1) is 22.7. The standard InChI is InChI=1S/C45H46N2/c1-7-30-45(5,6)44-29-28-43(32-35(44)4)47(39-16-12-9-13-17-39)41-26-21-37(22-27-41)36-19-24-40(25-20-36)46(38-14-10-8-11-15-38)42-23-18-33(2)34(3)31-42/h8-29,31-32H,7,30H2,1-6H3. The first-order valence-corrected chi connectivity index (χ1v) is 16.8. The summed E-state index contributed by atoms with van der Waals surface area (Å²) >= 11 is 0. The van der Waals surface area contributed by atoms with Crippen LogP contribution >= 0.6 is 0 Å². The van der Waals surface area contributed by atoms with Crippen LogP contribution in [-0.2, 0) is 5.41 Å². The van der Waals surface area contributed by atoms with E-state index in [0.717, 1.165) is 28.4 Å². The summed E-state index contributed by atoms with van der Waals surface area (Å²) < 4.78 is 0. The second-order valence-electron chi connectivity index (χ2n) is 13.3. The second kappa shape index (κ2) is 13.7. The molecule has 6 rings (SSSR count). The molecule has 0 aromatic heterocycles. The summed E-state index contributed by atoms with van der Waals surface area (Å²) in [5.41, 5.74) is 14.8. The van der Waals surface area contributed by atoms with Crippen molar-refractivity contribution in [2.45, 2.75) is 59.8 Å². The Bertz CT molecular complexity index is 1920. The molecule has 0 amide bonds. The Kier molecular flexibility index (Phi) is 9.31. The van der Waals surface area contributed by atoms with Crippen molar-refractivity contribution in [2.75, 3.05) is 9.80 Å². The van der Waals surface area contributed by atoms with E-state index in [1.807, 2.05) is 0 Å². The van der Waals surface area contributed by atoms with E-state index in [1.165, 1.54) is 51.9 Å². The molecule has 0 saturated carbocycles. The molecule has 47 heavy (non-hydrogen) atoms. The van der Waals surface area contributed by atoms with Crippen LogP contribution in [0.2, 0.25) is 0 Å². The van der Waals surface area contributed by atoms with E-state index in [1.54, 1.807) is 0 Å². The summed E-state index contributed by atoms with van der Waals surface area (Å²) in [6.07, 6.45) is 2.35. The first-order valence-electron chi connectivity index (χ1n) is 16.8. The molecular weight excluding hydrogens is 569 g/mol. The molecule has 0 saturated heterocycles. The van der Waals surface area contributed by atoms with Crippen molar-refractivity contribution >= 4 is 34.1 Å². The van der Waals surface area contributed by atoms with Gasteiger partial charge in [-0.05, 0) is 139 Å². The van der Waals surface area contributed by atoms with Crippen LogP contribution in [0.15, 0.2) is 146 Å². The number of anilines is 6. The maximum atomic E-state index is 2.36. The second-order valence-corrected chi connectivity index (χ2v) is 13.3. The van der Waals surface area contributed by atoms with Gasteiger partial charge in [-0.3, -0.25) is 0 Å². The van der Waals surface area contributed by atoms with Gasteiger partial charge in [0.1, 0.15) is 0 Å². The van der Waals surface area contributed by atoms with Gasteiger partial charge in [-0.1, -0.05) is 100.0 Å². The van der Waals surface area contributed by atoms with Gasteiger partial charge in [0.25, 0.3) is 0 Å². The van der Waals surface area contributed by atoms with Crippen molar-refractivity contribution in [3.63, 3.8) is 0 Å². The first kappa shape index (κ1) is 31.9. The highest BCUT2D eigenvalue weighted by Gasteiger charge is 2.23. The zero-order chi connectivity index (χ0) is 33.0. The Balaban J connectivity index is 1.32. The van der Waals surface area contributed by atoms with Crippen molar-refractivity contribution < 1.29 is 0 Å². The number of para-hydroxylation sites is 2. The fourth-order valence-corrected chi connectivity index (χ4v) is 6.83. The van der Waals surface area contributed by atoms with E-state index in [2.05, 4.69) is 197 Å². The van der Waals surface area contributed by atoms with Crippen molar-refractivity contribution in [3.8, 4) is 11.1 Å². The van der Waals surface area contributed by atoms with Gasteiger partial charge in [0.2, 0.25) is 0 Å². The molecule has 0 unspecified atom stereocenters. The predicted octanol–water partition coefficient (Wildman–Crippen LogP) is 13.3. The van der Waals surface area contributed by atoms with Gasteiger partial charge in [-0.25, -0.2) is 0 Å². The van der Waals surface area contributed by atoms with Gasteiger partial charge < -0.3 is 9.80 Å². The summed E-state index contributed by atoms with van der Waals surface area (Å²) in [5, 5.41) is 0. The maximum Gasteiger partial charge on any atom is 0.0464 e. The molecule has 0 aliphatic carbocycles. The van der Waals surface area contributed by atoms with Crippen molar-refractivity contribution in [1.29, 1.82) is 0 Å². The highest BCUT2D eigenvalue weighted by atomic mass is 15.1. The van der Waals surface area contributed by atoms with E-state index in [-0.39, 0.29) is 5.41 Å². The lowest BCUT2D eigenvalue weighted by atomic mass is 9.78. The summed E-state index contributed by atoms with van der Waals surface area (Å²) in [7, 11) is 0. The molecular formula is C45H46N2. The zero-order valence-corrected chi connectivity index (χ0v) is 28.7. The quantitative estimate of drug-likeness (QED) is 0.151. The molecule has 2 heteroatoms. The van der Waals surface area contributed by atoms with Crippen molar-refractivity contribution in [2.24, 2.45) is 0 Å². The molecule has 6 aromatic rings. The van der Waals surface area contributed by atoms with Gasteiger partial charge in [0.15, 0.2) is 0 Å². The lowest BCUT2D eigenvalue weighted by molar-refractivity contribution is 0.471. The van der Waals surface area contributed by atoms with Crippen LogP contribution in [0.1, 0.15) is 55.9 Å². The van der Waals surface area contributed by atoms with E-state index in [9.17, 15) is 0 Å². The van der Waals surface area contributed by atoms with E-state index < -0.39 is 0 Å². The third kappa shape index (κ3) is 6.88. The Labute approximate surface area is 282 Å². The molecule has 0 heterocycles. The third-order valence-corrected chi connectivity index (χ3v) is 9.43. The van der Waals surface area contributed by atoms with Gasteiger partial charge >= 0.3 is 0 Å². The van der Waals surface area contributed by atoms with Crippen LogP contribution < -0.4 is 9.80 Å². The van der Waals surface area contributed by atoms with E-state index in [4.69, 9.17) is 0 Å². The Morgan fingerprint density at radius 3 is 1.26 bits per heavy atom. The number of aryl methyl sites for hydroxylation is 3. The molecule has 0 aliphatic rings. The molecule has 0 spiro atoms. The SMILES string of the molecule is CCCC(C)(C)c1ccc(N(c2ccccc2)c2ccc(-c3ccc(N(c4ccccc4)c4ccc(C)c(C)c4)cc3)cc2)cc1C. The molecule has 2 nitrogen and oxygen atoms in total. The molecule has 0 atom stereocenters. The highest BCUT2D eigenvalue weighted by Crippen LogP contribution is 2.40. The predicted molar refractivity (Wildman–Crippen MR) is 203 cm³/mol. The summed E-state index contributed by atoms with van der Waals surface area (Å²) in [6, 6.07) is 52.8. The van der Waals surface area contributed by atoms with Crippen LogP contribution in [0, 0.1) is 20.8 Å². The summed E-state index contributed by atoms with van der Waals surface area (Å²) in [5.74, 6) is 0. The van der Waals surface area contributed by atoms with Crippen LogP contribution in [0.3, 0.4) is 0 Å². The minimum absolute atomic E-state index is 0.156. The van der Waals surface area contributed by atoms with Crippen LogP contribution in [0.5, 0.6) is 0 Å². The molecule has 0 N–H and O–H groups in total. The highest BCUT2D eigenvalue weighted by molar-refractivity contribution is 5.81. The number of rotatable bonds is 10. The van der Waals surface area contributed by atoms with Gasteiger partial charge in [0, 0.05) is 34.1 Å². The Morgan fingerprint density at radius 2 is 0.830 bits per heavy atom. The lowest BCUT2D eigenvalue weighted by Crippen LogP contribution is -2.19. The monoisotopic (exact) mass is 614 g/mol. The summed E-state index contributed by atoms with van der Waals surface area (Å²) in [6.45, 7) is 13.6. The molecule has 0 radical (unpaired) electrons. The minimum Gasteiger partial charge on any atom is -0.310 e. The molecule has 0 aliphatic heterocycles. The van der Waals surface area contributed by atoms with Crippen molar-refractivity contribution in [3.05, 3.63) is 168 Å². The maximum absolute atomic E-state index is 2.36. The topological polar surface area (TPSA) is 6.48 Å². The molecule has 0 bridgehead atoms. The van der Waals surface area contributed by atoms with Crippen LogP contribution in [0.4, 0.5) is 34.1 Å². The number of hydrogen-bond donors (Lipinski definition) is 0. The lowest BCUT2D eigenvalue weighted by Gasteiger charge is -2.30. The summed E-state index contributed by atoms with van der Waals surface area (Å²) in [4.78, 5) is 4.69. The van der Waals surface area contributed by atoms with Crippen molar-refractivity contribution in [1.82, 2.24) is 0 Å².